The van der Waals surface area contributed by atoms with E-state index in [-0.39, 0.29) is 28.1 Å². The molecule has 0 aliphatic carbocycles. The first-order valence-corrected chi connectivity index (χ1v) is 11.0. The van der Waals surface area contributed by atoms with Gasteiger partial charge in [-0.1, -0.05) is 60.3 Å². The van der Waals surface area contributed by atoms with Crippen LogP contribution in [0.15, 0.2) is 82.9 Å². The zero-order valence-electron chi connectivity index (χ0n) is 17.0. The third-order valence-corrected chi connectivity index (χ3v) is 6.16. The van der Waals surface area contributed by atoms with E-state index in [2.05, 4.69) is 15.4 Å². The van der Waals surface area contributed by atoms with Crippen LogP contribution in [-0.4, -0.2) is 21.0 Å². The number of carbonyl (C=O) groups excluding carboxylic acids is 1. The number of fused-ring (bicyclic) bond motifs is 2. The lowest BCUT2D eigenvalue weighted by atomic mass is 10.1. The maximum atomic E-state index is 14.0. The molecule has 0 saturated heterocycles. The van der Waals surface area contributed by atoms with E-state index in [9.17, 15) is 19.3 Å². The van der Waals surface area contributed by atoms with Crippen LogP contribution in [0.5, 0.6) is 0 Å². The molecule has 0 radical (unpaired) electrons. The van der Waals surface area contributed by atoms with Crippen molar-refractivity contribution in [3.8, 4) is 0 Å². The zero-order chi connectivity index (χ0) is 22.9. The number of hydrazone groups is 1. The van der Waals surface area contributed by atoms with E-state index in [4.69, 9.17) is 0 Å². The molecule has 10 heteroatoms. The van der Waals surface area contributed by atoms with Crippen LogP contribution in [0.2, 0.25) is 0 Å². The maximum absolute atomic E-state index is 14.0. The van der Waals surface area contributed by atoms with Crippen molar-refractivity contribution in [2.45, 2.75) is 11.9 Å². The molecular formula is C23H16FN5O3S. The summed E-state index contributed by atoms with van der Waals surface area (Å²) in [6.07, 6.45) is -0.911. The van der Waals surface area contributed by atoms with Gasteiger partial charge in [-0.25, -0.2) is 9.40 Å². The molecule has 33 heavy (non-hydrogen) atoms. The van der Waals surface area contributed by atoms with Crippen LogP contribution in [0.3, 0.4) is 0 Å². The first-order chi connectivity index (χ1) is 16.0. The lowest BCUT2D eigenvalue weighted by Crippen LogP contribution is -2.50. The van der Waals surface area contributed by atoms with E-state index in [1.807, 2.05) is 0 Å². The smallest absolute Gasteiger partial charge is 0.276 e. The van der Waals surface area contributed by atoms with Gasteiger partial charge in [0.05, 0.1) is 15.8 Å². The number of nitrogens with one attached hydrogen (secondary N) is 1. The summed E-state index contributed by atoms with van der Waals surface area (Å²) in [5.41, 5.74) is 0.912. The topological polar surface area (TPSA) is 100 Å². The van der Waals surface area contributed by atoms with E-state index in [0.717, 1.165) is 11.8 Å². The van der Waals surface area contributed by atoms with Crippen LogP contribution in [-0.2, 0) is 10.5 Å². The summed E-state index contributed by atoms with van der Waals surface area (Å²) in [6.45, 7) is 0. The normalized spacial score (nSPS) is 16.8. The molecule has 0 aromatic heterocycles. The van der Waals surface area contributed by atoms with Crippen molar-refractivity contribution in [1.82, 2.24) is 10.3 Å². The van der Waals surface area contributed by atoms with E-state index < -0.39 is 17.0 Å². The average Bonchev–Trinajstić information content (AvgIpc) is 2.83. The Labute approximate surface area is 191 Å². The Balaban J connectivity index is 1.61. The highest BCUT2D eigenvalue weighted by atomic mass is 32.2. The van der Waals surface area contributed by atoms with Crippen molar-refractivity contribution in [1.29, 1.82) is 0 Å². The summed E-state index contributed by atoms with van der Waals surface area (Å²) < 4.78 is 14.0. The Morgan fingerprint density at radius 2 is 1.79 bits per heavy atom. The quantitative estimate of drug-likeness (QED) is 0.476. The molecule has 0 fully saturated rings. The first-order valence-electron chi connectivity index (χ1n) is 9.99. The molecular weight excluding hydrogens is 445 g/mol. The number of amides is 1. The number of amidine groups is 1. The standard InChI is InChI=1S/C23H16FN5O3S/c24-17-10-4-1-7-14(17)13-33-23-26-22(30)20-15-8-2-5-11-18(15)25-21(28(20)27-23)16-9-3-6-12-19(16)29(31)32/h1-12,21H,13H2,(H,26,27,30). The number of benzene rings is 3. The number of hydrogen-bond acceptors (Lipinski definition) is 7. The van der Waals surface area contributed by atoms with Gasteiger partial charge < -0.3 is 0 Å². The monoisotopic (exact) mass is 461 g/mol. The van der Waals surface area contributed by atoms with Crippen LogP contribution < -0.4 is 15.9 Å². The first kappa shape index (κ1) is 20.8. The van der Waals surface area contributed by atoms with Crippen LogP contribution in [0.4, 0.5) is 10.1 Å². The minimum absolute atomic E-state index is 0.119. The third kappa shape index (κ3) is 3.85. The largest absolute Gasteiger partial charge is 0.298 e. The van der Waals surface area contributed by atoms with Gasteiger partial charge in [0.1, 0.15) is 11.5 Å². The van der Waals surface area contributed by atoms with Crippen molar-refractivity contribution < 1.29 is 14.1 Å². The number of para-hydroxylation sites is 2. The van der Waals surface area contributed by atoms with Crippen LogP contribution >= 0.6 is 11.8 Å². The number of carbonyl (C=O) groups is 1. The molecule has 3 aromatic rings. The average molecular weight is 461 g/mol. The van der Waals surface area contributed by atoms with Crippen molar-refractivity contribution in [2.24, 2.45) is 10.1 Å². The highest BCUT2D eigenvalue weighted by molar-refractivity contribution is 8.13. The van der Waals surface area contributed by atoms with Crippen LogP contribution in [0.1, 0.15) is 17.3 Å². The van der Waals surface area contributed by atoms with Crippen molar-refractivity contribution in [3.05, 3.63) is 110 Å². The molecule has 164 valence electrons. The predicted molar refractivity (Wildman–Crippen MR) is 122 cm³/mol. The van der Waals surface area contributed by atoms with Gasteiger partial charge in [0.15, 0.2) is 11.3 Å². The summed E-state index contributed by atoms with van der Waals surface area (Å²) in [6, 6.07) is 19.7. The van der Waals surface area contributed by atoms with Crippen LogP contribution in [0.25, 0.3) is 5.70 Å². The maximum Gasteiger partial charge on any atom is 0.276 e. The second-order valence-electron chi connectivity index (χ2n) is 7.27. The number of rotatable bonds is 4. The molecule has 8 nitrogen and oxygen atoms in total. The SMILES string of the molecule is O=C1NC(SCc2ccccc2F)=NN2C1=c1ccccc1=NC2c1ccccc1[N+](=O)[O-]. The third-order valence-electron chi connectivity index (χ3n) is 5.25. The minimum Gasteiger partial charge on any atom is -0.298 e. The highest BCUT2D eigenvalue weighted by Gasteiger charge is 2.37. The van der Waals surface area contributed by atoms with E-state index in [1.165, 1.54) is 17.1 Å². The summed E-state index contributed by atoms with van der Waals surface area (Å²) in [7, 11) is 0. The van der Waals surface area contributed by atoms with Gasteiger partial charge in [-0.05, 0) is 23.8 Å². The summed E-state index contributed by atoms with van der Waals surface area (Å²) in [5, 5.41) is 21.8. The van der Waals surface area contributed by atoms with Gasteiger partial charge in [0, 0.05) is 17.0 Å². The molecule has 0 spiro atoms. The molecule has 2 aliphatic heterocycles. The summed E-state index contributed by atoms with van der Waals surface area (Å²) >= 11 is 1.16. The Hall–Kier alpha value is -4.05. The van der Waals surface area contributed by atoms with E-state index in [1.54, 1.807) is 60.7 Å². The molecule has 1 atom stereocenters. The van der Waals surface area contributed by atoms with E-state index in [0.29, 0.717) is 21.7 Å². The molecule has 5 rings (SSSR count). The Bertz CT molecular complexity index is 1440. The Kier molecular flexibility index (Phi) is 5.35. The summed E-state index contributed by atoms with van der Waals surface area (Å²) in [4.78, 5) is 29.0. The molecule has 1 amide bonds. The molecule has 3 aromatic carbocycles. The van der Waals surface area contributed by atoms with Gasteiger partial charge in [0.25, 0.3) is 11.6 Å². The lowest BCUT2D eigenvalue weighted by molar-refractivity contribution is -0.386. The number of thioether (sulfide) groups is 1. The number of halogens is 1. The molecule has 1 unspecified atom stereocenters. The van der Waals surface area contributed by atoms with Gasteiger partial charge >= 0.3 is 0 Å². The van der Waals surface area contributed by atoms with Crippen LogP contribution in [0, 0.1) is 15.9 Å². The number of nitro groups is 1. The Morgan fingerprint density at radius 3 is 2.61 bits per heavy atom. The second kappa shape index (κ2) is 8.47. The molecule has 0 saturated carbocycles. The second-order valence-corrected chi connectivity index (χ2v) is 8.23. The fourth-order valence-electron chi connectivity index (χ4n) is 3.73. The predicted octanol–water partition coefficient (Wildman–Crippen LogP) is 2.81. The van der Waals surface area contributed by atoms with Gasteiger partial charge in [0.2, 0.25) is 0 Å². The summed E-state index contributed by atoms with van der Waals surface area (Å²) in [5.74, 6) is -0.509. The fraction of sp³-hybridized carbons (Fsp3) is 0.0870. The molecule has 1 N–H and O–H groups in total. The van der Waals surface area contributed by atoms with Gasteiger partial charge in [-0.3, -0.25) is 25.2 Å². The zero-order valence-corrected chi connectivity index (χ0v) is 17.8. The molecule has 0 bridgehead atoms. The fourth-order valence-corrected chi connectivity index (χ4v) is 4.57. The molecule has 2 heterocycles. The lowest BCUT2D eigenvalue weighted by Gasteiger charge is -2.33. The number of hydrogen-bond donors (Lipinski definition) is 1. The number of nitrogens with zero attached hydrogens (tertiary/aromatic N) is 4. The minimum atomic E-state index is -0.911. The van der Waals surface area contributed by atoms with Crippen molar-refractivity contribution in [2.75, 3.05) is 0 Å². The van der Waals surface area contributed by atoms with Crippen molar-refractivity contribution in [3.63, 3.8) is 0 Å². The van der Waals surface area contributed by atoms with E-state index >= 15 is 0 Å². The van der Waals surface area contributed by atoms with Gasteiger partial charge in [-0.15, -0.1) is 5.10 Å². The van der Waals surface area contributed by atoms with Gasteiger partial charge in [-0.2, -0.15) is 0 Å². The molecule has 2 aliphatic rings. The number of nitro benzene ring substituents is 1. The van der Waals surface area contributed by atoms with Crippen molar-refractivity contribution >= 4 is 34.2 Å². The highest BCUT2D eigenvalue weighted by Crippen LogP contribution is 2.35. The Morgan fingerprint density at radius 1 is 1.06 bits per heavy atom.